The summed E-state index contributed by atoms with van der Waals surface area (Å²) in [7, 11) is -5.01. The number of aromatic nitrogens is 1. The topological polar surface area (TPSA) is 137 Å². The first-order valence-electron chi connectivity index (χ1n) is 8.45. The Bertz CT molecular complexity index is 1250. The van der Waals surface area contributed by atoms with Crippen LogP contribution in [0.2, 0.25) is 0 Å². The molecule has 10 nitrogen and oxygen atoms in total. The SMILES string of the molecule is COc1ccc(S(=O)(=O)Nc2ccc(S(=O)(=O)Nc3cc(C)on3)cc2)cc1OC. The molecule has 0 saturated carbocycles. The Morgan fingerprint density at radius 3 is 1.97 bits per heavy atom. The molecule has 0 bridgehead atoms. The lowest BCUT2D eigenvalue weighted by molar-refractivity contribution is 0.354. The highest BCUT2D eigenvalue weighted by atomic mass is 32.2. The third kappa shape index (κ3) is 4.66. The van der Waals surface area contributed by atoms with Crippen molar-refractivity contribution < 1.29 is 30.8 Å². The molecule has 30 heavy (non-hydrogen) atoms. The highest BCUT2D eigenvalue weighted by molar-refractivity contribution is 7.93. The Balaban J connectivity index is 1.79. The number of anilines is 2. The van der Waals surface area contributed by atoms with Crippen molar-refractivity contribution in [3.63, 3.8) is 0 Å². The smallest absolute Gasteiger partial charge is 0.263 e. The standard InChI is InChI=1S/C18H19N3O7S2/c1-12-10-18(19-28-12)21-29(22,23)14-6-4-13(5-7-14)20-30(24,25)15-8-9-16(26-2)17(11-15)27-3/h4-11,20H,1-3H3,(H,19,21). The fourth-order valence-corrected chi connectivity index (χ4v) is 4.57. The van der Waals surface area contributed by atoms with E-state index < -0.39 is 20.0 Å². The van der Waals surface area contributed by atoms with Gasteiger partial charge < -0.3 is 14.0 Å². The summed E-state index contributed by atoms with van der Waals surface area (Å²) in [5.74, 6) is 1.15. The highest BCUT2D eigenvalue weighted by Gasteiger charge is 2.19. The molecular weight excluding hydrogens is 434 g/mol. The molecule has 0 saturated heterocycles. The number of nitrogens with zero attached hydrogens (tertiary/aromatic N) is 1. The van der Waals surface area contributed by atoms with E-state index >= 15 is 0 Å². The molecule has 160 valence electrons. The quantitative estimate of drug-likeness (QED) is 0.531. The minimum absolute atomic E-state index is 0.0417. The lowest BCUT2D eigenvalue weighted by Crippen LogP contribution is -2.15. The van der Waals surface area contributed by atoms with Gasteiger partial charge in [-0.15, -0.1) is 0 Å². The monoisotopic (exact) mass is 453 g/mol. The molecule has 0 aliphatic rings. The predicted octanol–water partition coefficient (Wildman–Crippen LogP) is 2.60. The van der Waals surface area contributed by atoms with Crippen molar-refractivity contribution in [3.8, 4) is 11.5 Å². The first-order chi connectivity index (χ1) is 14.1. The van der Waals surface area contributed by atoms with Crippen LogP contribution in [0.4, 0.5) is 11.5 Å². The number of sulfonamides is 2. The Labute approximate surface area is 173 Å². The molecule has 0 unspecified atom stereocenters. The molecule has 1 heterocycles. The number of rotatable bonds is 8. The lowest BCUT2D eigenvalue weighted by atomic mass is 10.3. The van der Waals surface area contributed by atoms with Crippen LogP contribution in [0.1, 0.15) is 5.76 Å². The number of hydrogen-bond donors (Lipinski definition) is 2. The number of aryl methyl sites for hydroxylation is 1. The van der Waals surface area contributed by atoms with Crippen LogP contribution in [0.5, 0.6) is 11.5 Å². The fraction of sp³-hybridized carbons (Fsp3) is 0.167. The number of hydrogen-bond acceptors (Lipinski definition) is 8. The summed E-state index contributed by atoms with van der Waals surface area (Å²) in [5.41, 5.74) is 0.181. The second-order valence-electron chi connectivity index (χ2n) is 6.07. The van der Waals surface area contributed by atoms with Gasteiger partial charge in [0.2, 0.25) is 0 Å². The molecule has 0 aliphatic heterocycles. The van der Waals surface area contributed by atoms with Gasteiger partial charge in [-0.3, -0.25) is 9.44 Å². The van der Waals surface area contributed by atoms with E-state index in [0.717, 1.165) is 0 Å². The average Bonchev–Trinajstić information content (AvgIpc) is 3.11. The molecule has 0 amide bonds. The van der Waals surface area contributed by atoms with Gasteiger partial charge in [-0.25, -0.2) is 16.8 Å². The van der Waals surface area contributed by atoms with Crippen LogP contribution in [0.3, 0.4) is 0 Å². The maximum absolute atomic E-state index is 12.6. The van der Waals surface area contributed by atoms with E-state index in [2.05, 4.69) is 14.6 Å². The molecule has 0 spiro atoms. The largest absolute Gasteiger partial charge is 0.493 e. The van der Waals surface area contributed by atoms with E-state index in [0.29, 0.717) is 11.5 Å². The second-order valence-corrected chi connectivity index (χ2v) is 9.44. The van der Waals surface area contributed by atoms with Gasteiger partial charge in [-0.1, -0.05) is 5.16 Å². The predicted molar refractivity (Wildman–Crippen MR) is 109 cm³/mol. The number of ether oxygens (including phenoxy) is 2. The van der Waals surface area contributed by atoms with Crippen molar-refractivity contribution in [2.45, 2.75) is 16.7 Å². The van der Waals surface area contributed by atoms with Gasteiger partial charge in [-0.2, -0.15) is 0 Å². The average molecular weight is 453 g/mol. The Hall–Kier alpha value is -3.25. The van der Waals surface area contributed by atoms with Crippen LogP contribution in [-0.4, -0.2) is 36.2 Å². The van der Waals surface area contributed by atoms with Crippen LogP contribution in [0, 0.1) is 6.92 Å². The maximum atomic E-state index is 12.6. The van der Waals surface area contributed by atoms with Gasteiger partial charge >= 0.3 is 0 Å². The van der Waals surface area contributed by atoms with Gasteiger partial charge in [-0.05, 0) is 43.3 Å². The molecule has 0 aliphatic carbocycles. The zero-order chi connectivity index (χ0) is 21.9. The summed E-state index contributed by atoms with van der Waals surface area (Å²) in [5, 5.41) is 3.58. The van der Waals surface area contributed by atoms with Crippen LogP contribution >= 0.6 is 0 Å². The number of nitrogens with one attached hydrogen (secondary N) is 2. The van der Waals surface area contributed by atoms with Gasteiger partial charge in [0.25, 0.3) is 20.0 Å². The molecule has 0 fully saturated rings. The van der Waals surface area contributed by atoms with Crippen LogP contribution in [0.15, 0.2) is 62.8 Å². The third-order valence-electron chi connectivity index (χ3n) is 3.95. The minimum atomic E-state index is -3.94. The molecule has 1 aromatic heterocycles. The van der Waals surface area contributed by atoms with Gasteiger partial charge in [0.05, 0.1) is 24.0 Å². The Morgan fingerprint density at radius 1 is 0.800 bits per heavy atom. The molecule has 12 heteroatoms. The summed E-state index contributed by atoms with van der Waals surface area (Å²) in [6.07, 6.45) is 0. The molecule has 0 radical (unpaired) electrons. The summed E-state index contributed by atoms with van der Waals surface area (Å²) < 4.78 is 69.8. The van der Waals surface area contributed by atoms with Gasteiger partial charge in [0.15, 0.2) is 17.3 Å². The second kappa shape index (κ2) is 8.24. The van der Waals surface area contributed by atoms with Crippen molar-refractivity contribution in [1.29, 1.82) is 0 Å². The van der Waals surface area contributed by atoms with Crippen molar-refractivity contribution in [2.24, 2.45) is 0 Å². The van der Waals surface area contributed by atoms with Crippen molar-refractivity contribution in [2.75, 3.05) is 23.7 Å². The van der Waals surface area contributed by atoms with E-state index in [1.165, 1.54) is 62.8 Å². The van der Waals surface area contributed by atoms with E-state index in [4.69, 9.17) is 14.0 Å². The highest BCUT2D eigenvalue weighted by Crippen LogP contribution is 2.30. The van der Waals surface area contributed by atoms with E-state index in [1.54, 1.807) is 6.92 Å². The first kappa shape index (κ1) is 21.5. The lowest BCUT2D eigenvalue weighted by Gasteiger charge is -2.12. The summed E-state index contributed by atoms with van der Waals surface area (Å²) in [4.78, 5) is -0.114. The molecule has 2 aromatic carbocycles. The van der Waals surface area contributed by atoms with Crippen molar-refractivity contribution >= 4 is 31.6 Å². The fourth-order valence-electron chi connectivity index (χ4n) is 2.51. The van der Waals surface area contributed by atoms with Crippen molar-refractivity contribution in [1.82, 2.24) is 5.16 Å². The normalized spacial score (nSPS) is 11.7. The molecule has 3 aromatic rings. The Kier molecular flexibility index (Phi) is 5.89. The van der Waals surface area contributed by atoms with E-state index in [9.17, 15) is 16.8 Å². The van der Waals surface area contributed by atoms with Crippen LogP contribution < -0.4 is 18.9 Å². The van der Waals surface area contributed by atoms with Crippen LogP contribution in [0.25, 0.3) is 0 Å². The number of methoxy groups -OCH3 is 2. The van der Waals surface area contributed by atoms with Crippen LogP contribution in [-0.2, 0) is 20.0 Å². The zero-order valence-electron chi connectivity index (χ0n) is 16.2. The third-order valence-corrected chi connectivity index (χ3v) is 6.70. The summed E-state index contributed by atoms with van der Waals surface area (Å²) in [6, 6.07) is 10.8. The van der Waals surface area contributed by atoms with Crippen molar-refractivity contribution in [3.05, 3.63) is 54.3 Å². The Morgan fingerprint density at radius 2 is 1.40 bits per heavy atom. The van der Waals surface area contributed by atoms with E-state index in [1.807, 2.05) is 0 Å². The minimum Gasteiger partial charge on any atom is -0.493 e. The van der Waals surface area contributed by atoms with E-state index in [-0.39, 0.29) is 27.0 Å². The molecule has 0 atom stereocenters. The molecule has 3 rings (SSSR count). The number of benzene rings is 2. The molecule has 2 N–H and O–H groups in total. The maximum Gasteiger partial charge on any atom is 0.263 e. The summed E-state index contributed by atoms with van der Waals surface area (Å²) in [6.45, 7) is 1.63. The van der Waals surface area contributed by atoms with Gasteiger partial charge in [0, 0.05) is 17.8 Å². The molecular formula is C18H19N3O7S2. The first-order valence-corrected chi connectivity index (χ1v) is 11.4. The zero-order valence-corrected chi connectivity index (χ0v) is 17.9. The van der Waals surface area contributed by atoms with Gasteiger partial charge in [0.1, 0.15) is 5.76 Å². The summed E-state index contributed by atoms with van der Waals surface area (Å²) >= 11 is 0.